The molecular weight excluding hydrogens is 314 g/mol. The SMILES string of the molecule is COc1nc2ccccc2nc1CCC(=O)N[C@@H](C)c1ccccc1. The third-order valence-corrected chi connectivity index (χ3v) is 4.07. The minimum absolute atomic E-state index is 0.0200. The van der Waals surface area contributed by atoms with Gasteiger partial charge in [0.1, 0.15) is 5.69 Å². The maximum absolute atomic E-state index is 12.3. The summed E-state index contributed by atoms with van der Waals surface area (Å²) in [5, 5.41) is 3.01. The van der Waals surface area contributed by atoms with Gasteiger partial charge in [-0.25, -0.2) is 9.97 Å². The molecule has 0 unspecified atom stereocenters. The molecule has 1 aromatic heterocycles. The number of ether oxygens (including phenoxy) is 1. The Labute approximate surface area is 147 Å². The molecule has 3 rings (SSSR count). The van der Waals surface area contributed by atoms with Crippen LogP contribution in [0.25, 0.3) is 11.0 Å². The van der Waals surface area contributed by atoms with Crippen LogP contribution in [0.3, 0.4) is 0 Å². The summed E-state index contributed by atoms with van der Waals surface area (Å²) in [5.41, 5.74) is 3.37. The van der Waals surface area contributed by atoms with E-state index < -0.39 is 0 Å². The van der Waals surface area contributed by atoms with Crippen molar-refractivity contribution in [3.63, 3.8) is 0 Å². The highest BCUT2D eigenvalue weighted by molar-refractivity contribution is 5.77. The number of carbonyl (C=O) groups is 1. The summed E-state index contributed by atoms with van der Waals surface area (Å²) in [4.78, 5) is 21.3. The van der Waals surface area contributed by atoms with Gasteiger partial charge in [-0.2, -0.15) is 0 Å². The topological polar surface area (TPSA) is 64.1 Å². The van der Waals surface area contributed by atoms with Crippen molar-refractivity contribution in [3.8, 4) is 5.88 Å². The van der Waals surface area contributed by atoms with Crippen molar-refractivity contribution >= 4 is 16.9 Å². The fourth-order valence-corrected chi connectivity index (χ4v) is 2.72. The Kier molecular flexibility index (Phi) is 5.23. The second-order valence-corrected chi connectivity index (χ2v) is 5.87. The molecule has 1 atom stereocenters. The van der Waals surface area contributed by atoms with Crippen LogP contribution in [-0.2, 0) is 11.2 Å². The predicted molar refractivity (Wildman–Crippen MR) is 97.4 cm³/mol. The zero-order chi connectivity index (χ0) is 17.6. The summed E-state index contributed by atoms with van der Waals surface area (Å²) in [7, 11) is 1.57. The Morgan fingerprint density at radius 3 is 2.36 bits per heavy atom. The molecule has 2 aromatic carbocycles. The number of nitrogens with one attached hydrogen (secondary N) is 1. The summed E-state index contributed by atoms with van der Waals surface area (Å²) < 4.78 is 5.33. The van der Waals surface area contributed by atoms with Crippen LogP contribution in [0.15, 0.2) is 54.6 Å². The molecule has 0 aliphatic heterocycles. The molecule has 0 saturated carbocycles. The molecule has 1 N–H and O–H groups in total. The fraction of sp³-hybridized carbons (Fsp3) is 0.250. The van der Waals surface area contributed by atoms with Crippen LogP contribution in [0.2, 0.25) is 0 Å². The third-order valence-electron chi connectivity index (χ3n) is 4.07. The smallest absolute Gasteiger partial charge is 0.235 e. The Morgan fingerprint density at radius 1 is 1.04 bits per heavy atom. The van der Waals surface area contributed by atoms with Gasteiger partial charge in [0.2, 0.25) is 11.8 Å². The van der Waals surface area contributed by atoms with E-state index in [0.29, 0.717) is 24.4 Å². The van der Waals surface area contributed by atoms with Gasteiger partial charge in [-0.1, -0.05) is 42.5 Å². The van der Waals surface area contributed by atoms with Crippen molar-refractivity contribution in [1.29, 1.82) is 0 Å². The van der Waals surface area contributed by atoms with Gasteiger partial charge in [-0.15, -0.1) is 0 Å². The fourth-order valence-electron chi connectivity index (χ4n) is 2.72. The molecule has 0 saturated heterocycles. The van der Waals surface area contributed by atoms with Crippen molar-refractivity contribution in [1.82, 2.24) is 15.3 Å². The first kappa shape index (κ1) is 16.9. The molecule has 0 fully saturated rings. The van der Waals surface area contributed by atoms with Crippen molar-refractivity contribution in [2.24, 2.45) is 0 Å². The zero-order valence-electron chi connectivity index (χ0n) is 14.4. The van der Waals surface area contributed by atoms with E-state index in [1.165, 1.54) is 0 Å². The average molecular weight is 335 g/mol. The van der Waals surface area contributed by atoms with Gasteiger partial charge in [0.05, 0.1) is 24.2 Å². The number of aryl methyl sites for hydroxylation is 1. The Balaban J connectivity index is 1.66. The van der Waals surface area contributed by atoms with E-state index in [0.717, 1.165) is 16.6 Å². The number of hydrogen-bond donors (Lipinski definition) is 1. The highest BCUT2D eigenvalue weighted by atomic mass is 16.5. The number of hydrogen-bond acceptors (Lipinski definition) is 4. The van der Waals surface area contributed by atoms with Crippen molar-refractivity contribution in [2.45, 2.75) is 25.8 Å². The number of fused-ring (bicyclic) bond motifs is 1. The van der Waals surface area contributed by atoms with Gasteiger partial charge in [-0.3, -0.25) is 4.79 Å². The molecule has 25 heavy (non-hydrogen) atoms. The number of para-hydroxylation sites is 2. The van der Waals surface area contributed by atoms with E-state index in [4.69, 9.17) is 4.74 Å². The molecule has 0 aliphatic carbocycles. The molecule has 3 aromatic rings. The van der Waals surface area contributed by atoms with Crippen LogP contribution in [0.1, 0.15) is 30.6 Å². The van der Waals surface area contributed by atoms with Gasteiger partial charge in [0.25, 0.3) is 0 Å². The average Bonchev–Trinajstić information content (AvgIpc) is 2.66. The van der Waals surface area contributed by atoms with Crippen LogP contribution >= 0.6 is 0 Å². The van der Waals surface area contributed by atoms with E-state index in [-0.39, 0.29) is 11.9 Å². The molecule has 5 nitrogen and oxygen atoms in total. The third kappa shape index (κ3) is 4.12. The summed E-state index contributed by atoms with van der Waals surface area (Å²) in [5.74, 6) is 0.455. The highest BCUT2D eigenvalue weighted by Gasteiger charge is 2.13. The Morgan fingerprint density at radius 2 is 1.68 bits per heavy atom. The lowest BCUT2D eigenvalue weighted by Crippen LogP contribution is -2.26. The van der Waals surface area contributed by atoms with Crippen LogP contribution in [0, 0.1) is 0 Å². The maximum Gasteiger partial charge on any atom is 0.235 e. The van der Waals surface area contributed by atoms with Crippen LogP contribution < -0.4 is 10.1 Å². The number of benzene rings is 2. The molecule has 5 heteroatoms. The van der Waals surface area contributed by atoms with Gasteiger partial charge in [0, 0.05) is 12.8 Å². The summed E-state index contributed by atoms with van der Waals surface area (Å²) >= 11 is 0. The monoisotopic (exact) mass is 335 g/mol. The van der Waals surface area contributed by atoms with Crippen LogP contribution in [0.4, 0.5) is 0 Å². The number of carbonyl (C=O) groups excluding carboxylic acids is 1. The second kappa shape index (κ2) is 7.75. The largest absolute Gasteiger partial charge is 0.480 e. The summed E-state index contributed by atoms with van der Waals surface area (Å²) in [6.45, 7) is 1.98. The molecule has 1 amide bonds. The first-order chi connectivity index (χ1) is 12.2. The molecule has 128 valence electrons. The van der Waals surface area contributed by atoms with E-state index in [1.807, 2.05) is 61.5 Å². The second-order valence-electron chi connectivity index (χ2n) is 5.87. The lowest BCUT2D eigenvalue weighted by Gasteiger charge is -2.14. The minimum atomic E-state index is -0.0294. The molecule has 1 heterocycles. The van der Waals surface area contributed by atoms with Crippen LogP contribution in [0.5, 0.6) is 5.88 Å². The quantitative estimate of drug-likeness (QED) is 0.749. The number of amides is 1. The van der Waals surface area contributed by atoms with E-state index >= 15 is 0 Å². The number of nitrogens with zero attached hydrogens (tertiary/aromatic N) is 2. The minimum Gasteiger partial charge on any atom is -0.480 e. The predicted octanol–water partition coefficient (Wildman–Crippen LogP) is 3.45. The molecule has 0 spiro atoms. The lowest BCUT2D eigenvalue weighted by atomic mass is 10.1. The number of rotatable bonds is 6. The first-order valence-corrected chi connectivity index (χ1v) is 8.31. The normalized spacial score (nSPS) is 11.9. The van der Waals surface area contributed by atoms with E-state index in [2.05, 4.69) is 15.3 Å². The number of methoxy groups -OCH3 is 1. The Bertz CT molecular complexity index is 865. The van der Waals surface area contributed by atoms with E-state index in [9.17, 15) is 4.79 Å². The number of aromatic nitrogens is 2. The van der Waals surface area contributed by atoms with Gasteiger partial charge in [-0.05, 0) is 24.6 Å². The highest BCUT2D eigenvalue weighted by Crippen LogP contribution is 2.20. The van der Waals surface area contributed by atoms with Gasteiger partial charge in [0.15, 0.2) is 0 Å². The van der Waals surface area contributed by atoms with Crippen molar-refractivity contribution in [3.05, 3.63) is 65.9 Å². The van der Waals surface area contributed by atoms with Crippen molar-refractivity contribution < 1.29 is 9.53 Å². The van der Waals surface area contributed by atoms with Gasteiger partial charge < -0.3 is 10.1 Å². The summed E-state index contributed by atoms with van der Waals surface area (Å²) in [6, 6.07) is 17.5. The van der Waals surface area contributed by atoms with Gasteiger partial charge >= 0.3 is 0 Å². The summed E-state index contributed by atoms with van der Waals surface area (Å²) in [6.07, 6.45) is 0.814. The molecule has 0 radical (unpaired) electrons. The van der Waals surface area contributed by atoms with E-state index in [1.54, 1.807) is 7.11 Å². The molecular formula is C20H21N3O2. The molecule has 0 aliphatic rings. The lowest BCUT2D eigenvalue weighted by molar-refractivity contribution is -0.121. The molecule has 0 bridgehead atoms. The van der Waals surface area contributed by atoms with Crippen molar-refractivity contribution in [2.75, 3.05) is 7.11 Å². The maximum atomic E-state index is 12.3. The standard InChI is InChI=1S/C20H21N3O2/c1-14(15-8-4-3-5-9-15)21-19(24)13-12-18-20(25-2)23-17-11-7-6-10-16(17)22-18/h3-11,14H,12-13H2,1-2H3,(H,21,24)/t14-/m0/s1. The zero-order valence-corrected chi connectivity index (χ0v) is 14.4. The van der Waals surface area contributed by atoms with Crippen LogP contribution in [-0.4, -0.2) is 23.0 Å². The Hall–Kier alpha value is -2.95. The first-order valence-electron chi connectivity index (χ1n) is 8.31.